The highest BCUT2D eigenvalue weighted by Crippen LogP contribution is 2.21. The van der Waals surface area contributed by atoms with Gasteiger partial charge in [0.05, 0.1) is 11.1 Å². The average Bonchev–Trinajstić information content (AvgIpc) is 2.39. The number of carbonyl (C=O) groups excluding carboxylic acids is 1. The van der Waals surface area contributed by atoms with Crippen molar-refractivity contribution in [3.63, 3.8) is 0 Å². The summed E-state index contributed by atoms with van der Waals surface area (Å²) in [5.41, 5.74) is 1.11. The first-order valence-corrected chi connectivity index (χ1v) is 5.73. The molecule has 0 fully saturated rings. The molecule has 0 aromatic heterocycles. The number of aryl methyl sites for hydroxylation is 1. The monoisotopic (exact) mass is 262 g/mol. The van der Waals surface area contributed by atoms with Crippen molar-refractivity contribution in [2.45, 2.75) is 13.5 Å². The van der Waals surface area contributed by atoms with E-state index in [9.17, 15) is 13.6 Å². The lowest BCUT2D eigenvalue weighted by Crippen LogP contribution is -2.03. The van der Waals surface area contributed by atoms with Gasteiger partial charge in [-0.1, -0.05) is 17.7 Å². The summed E-state index contributed by atoms with van der Waals surface area (Å²) in [5.74, 6) is -1.03. The van der Waals surface area contributed by atoms with Crippen molar-refractivity contribution >= 4 is 6.29 Å². The quantitative estimate of drug-likeness (QED) is 0.786. The molecule has 0 N–H and O–H groups in total. The molecule has 2 nitrogen and oxygen atoms in total. The number of ether oxygens (including phenoxy) is 1. The van der Waals surface area contributed by atoms with Crippen LogP contribution in [0, 0.1) is 18.6 Å². The predicted octanol–water partition coefficient (Wildman–Crippen LogP) is 3.66. The van der Waals surface area contributed by atoms with Crippen molar-refractivity contribution in [1.29, 1.82) is 0 Å². The molecule has 0 bridgehead atoms. The van der Waals surface area contributed by atoms with Crippen molar-refractivity contribution in [3.8, 4) is 5.75 Å². The Morgan fingerprint density at radius 2 is 1.84 bits per heavy atom. The highest BCUT2D eigenvalue weighted by Gasteiger charge is 2.10. The molecule has 2 aromatic carbocycles. The van der Waals surface area contributed by atoms with Gasteiger partial charge in [-0.2, -0.15) is 0 Å². The standard InChI is InChI=1S/C15H12F2O2/c1-10-5-6-15(11(7-10)8-18)19-9-12-13(16)3-2-4-14(12)17/h2-8H,9H2,1H3. The van der Waals surface area contributed by atoms with Gasteiger partial charge in [0.15, 0.2) is 6.29 Å². The summed E-state index contributed by atoms with van der Waals surface area (Å²) in [6, 6.07) is 8.64. The molecule has 19 heavy (non-hydrogen) atoms. The van der Waals surface area contributed by atoms with Gasteiger partial charge in [0, 0.05) is 0 Å². The van der Waals surface area contributed by atoms with Crippen LogP contribution >= 0.6 is 0 Å². The summed E-state index contributed by atoms with van der Waals surface area (Å²) in [6.07, 6.45) is 0.653. The summed E-state index contributed by atoms with van der Waals surface area (Å²) < 4.78 is 32.1. The predicted molar refractivity (Wildman–Crippen MR) is 67.3 cm³/mol. The van der Waals surface area contributed by atoms with E-state index in [1.165, 1.54) is 6.07 Å². The van der Waals surface area contributed by atoms with E-state index in [1.807, 2.05) is 6.92 Å². The largest absolute Gasteiger partial charge is 0.488 e. The van der Waals surface area contributed by atoms with Gasteiger partial charge in [-0.15, -0.1) is 0 Å². The Morgan fingerprint density at radius 1 is 1.16 bits per heavy atom. The molecular weight excluding hydrogens is 250 g/mol. The van der Waals surface area contributed by atoms with Gasteiger partial charge in [0.2, 0.25) is 0 Å². The van der Waals surface area contributed by atoms with Gasteiger partial charge < -0.3 is 4.74 Å². The van der Waals surface area contributed by atoms with Gasteiger partial charge in [-0.05, 0) is 31.2 Å². The zero-order valence-electron chi connectivity index (χ0n) is 10.3. The molecular formula is C15H12F2O2. The number of halogens is 2. The second-order valence-corrected chi connectivity index (χ2v) is 4.15. The van der Waals surface area contributed by atoms with Crippen molar-refractivity contribution in [2.24, 2.45) is 0 Å². The molecule has 0 atom stereocenters. The van der Waals surface area contributed by atoms with E-state index >= 15 is 0 Å². The van der Waals surface area contributed by atoms with E-state index in [2.05, 4.69) is 0 Å². The van der Waals surface area contributed by atoms with Crippen LogP contribution in [0.5, 0.6) is 5.75 Å². The molecule has 2 rings (SSSR count). The third-order valence-electron chi connectivity index (χ3n) is 2.73. The van der Waals surface area contributed by atoms with Gasteiger partial charge in [-0.3, -0.25) is 4.79 Å². The fraction of sp³-hybridized carbons (Fsp3) is 0.133. The van der Waals surface area contributed by atoms with Gasteiger partial charge in [0.1, 0.15) is 24.0 Å². The number of aldehydes is 1. The van der Waals surface area contributed by atoms with E-state index in [-0.39, 0.29) is 12.2 Å². The smallest absolute Gasteiger partial charge is 0.153 e. The van der Waals surface area contributed by atoms with E-state index in [0.717, 1.165) is 17.7 Å². The molecule has 4 heteroatoms. The van der Waals surface area contributed by atoms with Crippen LogP contribution in [0.3, 0.4) is 0 Å². The molecule has 0 amide bonds. The summed E-state index contributed by atoms with van der Waals surface area (Å²) >= 11 is 0. The number of hydrogen-bond acceptors (Lipinski definition) is 2. The molecule has 0 unspecified atom stereocenters. The molecule has 0 radical (unpaired) electrons. The highest BCUT2D eigenvalue weighted by atomic mass is 19.1. The van der Waals surface area contributed by atoms with Crippen LogP contribution in [0.1, 0.15) is 21.5 Å². The van der Waals surface area contributed by atoms with Crippen LogP contribution in [0.2, 0.25) is 0 Å². The Hall–Kier alpha value is -2.23. The number of hydrogen-bond donors (Lipinski definition) is 0. The topological polar surface area (TPSA) is 26.3 Å². The van der Waals surface area contributed by atoms with Crippen LogP contribution in [-0.4, -0.2) is 6.29 Å². The normalized spacial score (nSPS) is 10.3. The fourth-order valence-corrected chi connectivity index (χ4v) is 1.71. The Bertz CT molecular complexity index is 589. The third kappa shape index (κ3) is 2.96. The highest BCUT2D eigenvalue weighted by molar-refractivity contribution is 5.79. The second-order valence-electron chi connectivity index (χ2n) is 4.15. The lowest BCUT2D eigenvalue weighted by atomic mass is 10.1. The SMILES string of the molecule is Cc1ccc(OCc2c(F)cccc2F)c(C=O)c1. The molecule has 0 aliphatic heterocycles. The molecule has 0 spiro atoms. The Kier molecular flexibility index (Phi) is 3.90. The maximum Gasteiger partial charge on any atom is 0.153 e. The first-order valence-electron chi connectivity index (χ1n) is 5.73. The second kappa shape index (κ2) is 5.61. The van der Waals surface area contributed by atoms with Crippen LogP contribution in [-0.2, 0) is 6.61 Å². The Balaban J connectivity index is 2.21. The maximum atomic E-state index is 13.4. The fourth-order valence-electron chi connectivity index (χ4n) is 1.71. The summed E-state index contributed by atoms with van der Waals surface area (Å²) in [6.45, 7) is 1.58. The van der Waals surface area contributed by atoms with Crippen LogP contribution in [0.25, 0.3) is 0 Å². The lowest BCUT2D eigenvalue weighted by Gasteiger charge is -2.10. The van der Waals surface area contributed by atoms with Gasteiger partial charge >= 0.3 is 0 Å². The van der Waals surface area contributed by atoms with Crippen molar-refractivity contribution in [2.75, 3.05) is 0 Å². The van der Waals surface area contributed by atoms with Crippen molar-refractivity contribution in [3.05, 3.63) is 64.7 Å². The molecule has 0 saturated heterocycles. The van der Waals surface area contributed by atoms with Gasteiger partial charge in [0.25, 0.3) is 0 Å². The molecule has 0 saturated carbocycles. The number of benzene rings is 2. The van der Waals surface area contributed by atoms with Crippen LogP contribution in [0.15, 0.2) is 36.4 Å². The summed E-state index contributed by atoms with van der Waals surface area (Å²) in [7, 11) is 0. The minimum absolute atomic E-state index is 0.153. The van der Waals surface area contributed by atoms with E-state index < -0.39 is 11.6 Å². The van der Waals surface area contributed by atoms with E-state index in [4.69, 9.17) is 4.74 Å². The molecule has 2 aromatic rings. The van der Waals surface area contributed by atoms with Crippen molar-refractivity contribution < 1.29 is 18.3 Å². The van der Waals surface area contributed by atoms with Crippen molar-refractivity contribution in [1.82, 2.24) is 0 Å². The zero-order chi connectivity index (χ0) is 13.8. The molecule has 0 aliphatic carbocycles. The average molecular weight is 262 g/mol. The minimum Gasteiger partial charge on any atom is -0.488 e. The van der Waals surface area contributed by atoms with E-state index in [1.54, 1.807) is 18.2 Å². The lowest BCUT2D eigenvalue weighted by molar-refractivity contribution is 0.111. The van der Waals surface area contributed by atoms with E-state index in [0.29, 0.717) is 17.6 Å². The number of rotatable bonds is 4. The first kappa shape index (κ1) is 13.2. The van der Waals surface area contributed by atoms with Crippen LogP contribution in [0.4, 0.5) is 8.78 Å². The van der Waals surface area contributed by atoms with Gasteiger partial charge in [-0.25, -0.2) is 8.78 Å². The Labute approximate surface area is 109 Å². The minimum atomic E-state index is -0.667. The third-order valence-corrected chi connectivity index (χ3v) is 2.73. The number of carbonyl (C=O) groups is 1. The van der Waals surface area contributed by atoms with Crippen LogP contribution < -0.4 is 4.74 Å². The first-order chi connectivity index (χ1) is 9.11. The maximum absolute atomic E-state index is 13.4. The molecule has 0 aliphatic rings. The molecule has 0 heterocycles. The molecule has 98 valence electrons. The zero-order valence-corrected chi connectivity index (χ0v) is 10.3. The summed E-state index contributed by atoms with van der Waals surface area (Å²) in [5, 5.41) is 0. The Morgan fingerprint density at radius 3 is 2.47 bits per heavy atom. The summed E-state index contributed by atoms with van der Waals surface area (Å²) in [4.78, 5) is 10.9.